The van der Waals surface area contributed by atoms with Gasteiger partial charge < -0.3 is 4.74 Å². The fraction of sp³-hybridized carbons (Fsp3) is 0.120. The van der Waals surface area contributed by atoms with Crippen LogP contribution in [-0.2, 0) is 13.2 Å². The van der Waals surface area contributed by atoms with Crippen molar-refractivity contribution in [3.05, 3.63) is 106 Å². The fourth-order valence-electron chi connectivity index (χ4n) is 3.80. The minimum Gasteiger partial charge on any atom is -0.486 e. The lowest BCUT2D eigenvalue weighted by Crippen LogP contribution is -2.22. The van der Waals surface area contributed by atoms with Gasteiger partial charge in [-0.3, -0.25) is 18.6 Å². The van der Waals surface area contributed by atoms with Crippen LogP contribution in [0, 0.1) is 0 Å². The van der Waals surface area contributed by atoms with Crippen molar-refractivity contribution in [2.75, 3.05) is 0 Å². The SMILES string of the molecule is CCn1c(=O)c2ccccc2n2c(COc3ccc(C(=O)c4ccccc4)cc3)nnc12. The highest BCUT2D eigenvalue weighted by Gasteiger charge is 2.16. The summed E-state index contributed by atoms with van der Waals surface area (Å²) >= 11 is 0. The number of ether oxygens (including phenoxy) is 1. The van der Waals surface area contributed by atoms with Crippen molar-refractivity contribution in [1.82, 2.24) is 19.2 Å². The van der Waals surface area contributed by atoms with Crippen LogP contribution in [0.5, 0.6) is 5.75 Å². The van der Waals surface area contributed by atoms with E-state index in [0.29, 0.717) is 40.4 Å². The van der Waals surface area contributed by atoms with Gasteiger partial charge in [-0.05, 0) is 43.3 Å². The highest BCUT2D eigenvalue weighted by atomic mass is 16.5. The Morgan fingerprint density at radius 1 is 0.875 bits per heavy atom. The lowest BCUT2D eigenvalue weighted by Gasteiger charge is -2.10. The number of aromatic nitrogens is 4. The Morgan fingerprint density at radius 2 is 1.56 bits per heavy atom. The molecule has 0 fully saturated rings. The largest absolute Gasteiger partial charge is 0.486 e. The highest BCUT2D eigenvalue weighted by molar-refractivity contribution is 6.08. The van der Waals surface area contributed by atoms with E-state index in [0.717, 1.165) is 5.52 Å². The Kier molecular flexibility index (Phi) is 4.99. The molecule has 0 aliphatic rings. The molecule has 0 amide bonds. The quantitative estimate of drug-likeness (QED) is 0.387. The third-order valence-electron chi connectivity index (χ3n) is 5.41. The molecule has 0 spiro atoms. The standard InChI is InChI=1S/C25H20N4O3/c1-2-28-24(31)20-10-6-7-11-21(20)29-22(26-27-25(28)29)16-32-19-14-12-18(13-15-19)23(30)17-8-4-3-5-9-17/h3-15H,2,16H2,1H3. The Hall–Kier alpha value is -4.26. The normalized spacial score (nSPS) is 11.2. The number of nitrogens with zero attached hydrogens (tertiary/aromatic N) is 4. The summed E-state index contributed by atoms with van der Waals surface area (Å²) in [5.41, 5.74) is 1.89. The van der Waals surface area contributed by atoms with Crippen molar-refractivity contribution in [3.8, 4) is 5.75 Å². The van der Waals surface area contributed by atoms with Gasteiger partial charge >= 0.3 is 0 Å². The molecule has 0 saturated carbocycles. The van der Waals surface area contributed by atoms with E-state index in [1.54, 1.807) is 47.0 Å². The Balaban J connectivity index is 1.43. The van der Waals surface area contributed by atoms with Crippen LogP contribution in [0.15, 0.2) is 83.7 Å². The van der Waals surface area contributed by atoms with Crippen LogP contribution in [0.3, 0.4) is 0 Å². The second-order valence-electron chi connectivity index (χ2n) is 7.33. The zero-order valence-corrected chi connectivity index (χ0v) is 17.4. The van der Waals surface area contributed by atoms with Crippen molar-refractivity contribution in [1.29, 1.82) is 0 Å². The van der Waals surface area contributed by atoms with E-state index in [9.17, 15) is 9.59 Å². The Morgan fingerprint density at radius 3 is 2.31 bits per heavy atom. The predicted octanol–water partition coefficient (Wildman–Crippen LogP) is 3.87. The smallest absolute Gasteiger partial charge is 0.262 e. The van der Waals surface area contributed by atoms with E-state index < -0.39 is 0 Å². The second-order valence-corrected chi connectivity index (χ2v) is 7.33. The van der Waals surface area contributed by atoms with Gasteiger partial charge in [0.15, 0.2) is 11.6 Å². The van der Waals surface area contributed by atoms with Gasteiger partial charge in [-0.25, -0.2) is 0 Å². The summed E-state index contributed by atoms with van der Waals surface area (Å²) in [6.07, 6.45) is 0. The average Bonchev–Trinajstić information content (AvgIpc) is 3.27. The number of para-hydroxylation sites is 1. The minimum atomic E-state index is -0.0888. The maximum Gasteiger partial charge on any atom is 0.262 e. The van der Waals surface area contributed by atoms with Crippen molar-refractivity contribution >= 4 is 22.5 Å². The number of hydrogen-bond acceptors (Lipinski definition) is 5. The summed E-state index contributed by atoms with van der Waals surface area (Å²) in [7, 11) is 0. The predicted molar refractivity (Wildman–Crippen MR) is 121 cm³/mol. The fourth-order valence-corrected chi connectivity index (χ4v) is 3.80. The Labute approximate surface area is 183 Å². The maximum atomic E-state index is 12.8. The molecule has 0 saturated heterocycles. The van der Waals surface area contributed by atoms with Crippen LogP contribution >= 0.6 is 0 Å². The zero-order chi connectivity index (χ0) is 22.1. The number of aryl methyl sites for hydroxylation is 1. The molecule has 0 N–H and O–H groups in total. The minimum absolute atomic E-state index is 0.0374. The maximum absolute atomic E-state index is 12.8. The summed E-state index contributed by atoms with van der Waals surface area (Å²) in [4.78, 5) is 25.3. The molecule has 7 nitrogen and oxygen atoms in total. The van der Waals surface area contributed by atoms with E-state index in [4.69, 9.17) is 4.74 Å². The van der Waals surface area contributed by atoms with Crippen LogP contribution in [0.1, 0.15) is 28.7 Å². The van der Waals surface area contributed by atoms with Crippen molar-refractivity contribution in [2.24, 2.45) is 0 Å². The van der Waals surface area contributed by atoms with Gasteiger partial charge in [0.05, 0.1) is 10.9 Å². The molecule has 2 aromatic heterocycles. The summed E-state index contributed by atoms with van der Waals surface area (Å²) in [5, 5.41) is 9.11. The van der Waals surface area contributed by atoms with Crippen LogP contribution in [0.4, 0.5) is 0 Å². The topological polar surface area (TPSA) is 78.5 Å². The first kappa shape index (κ1) is 19.7. The number of benzene rings is 3. The van der Waals surface area contributed by atoms with Gasteiger partial charge in [-0.1, -0.05) is 42.5 Å². The zero-order valence-electron chi connectivity index (χ0n) is 17.4. The molecule has 5 aromatic rings. The van der Waals surface area contributed by atoms with Gasteiger partial charge in [0, 0.05) is 17.7 Å². The molecular formula is C25H20N4O3. The van der Waals surface area contributed by atoms with Gasteiger partial charge in [-0.2, -0.15) is 0 Å². The third-order valence-corrected chi connectivity index (χ3v) is 5.41. The van der Waals surface area contributed by atoms with E-state index >= 15 is 0 Å². The third kappa shape index (κ3) is 3.33. The lowest BCUT2D eigenvalue weighted by atomic mass is 10.0. The van der Waals surface area contributed by atoms with E-state index in [1.165, 1.54) is 0 Å². The first-order valence-electron chi connectivity index (χ1n) is 10.4. The molecule has 0 aliphatic heterocycles. The van der Waals surface area contributed by atoms with Crippen LogP contribution in [-0.4, -0.2) is 24.9 Å². The van der Waals surface area contributed by atoms with Gasteiger partial charge in [-0.15, -0.1) is 10.2 Å². The molecule has 3 aromatic carbocycles. The van der Waals surface area contributed by atoms with Crippen molar-refractivity contribution in [2.45, 2.75) is 20.1 Å². The molecule has 5 rings (SSSR count). The molecule has 0 unspecified atom stereocenters. The molecule has 0 radical (unpaired) electrons. The summed E-state index contributed by atoms with van der Waals surface area (Å²) in [6.45, 7) is 2.56. The lowest BCUT2D eigenvalue weighted by molar-refractivity contribution is 0.103. The monoisotopic (exact) mass is 424 g/mol. The van der Waals surface area contributed by atoms with Crippen LogP contribution < -0.4 is 10.3 Å². The molecule has 7 heteroatoms. The molecule has 0 aliphatic carbocycles. The summed E-state index contributed by atoms with van der Waals surface area (Å²) in [6, 6.07) is 23.6. The number of fused-ring (bicyclic) bond motifs is 3. The first-order valence-corrected chi connectivity index (χ1v) is 10.4. The van der Waals surface area contributed by atoms with E-state index in [2.05, 4.69) is 10.2 Å². The summed E-state index contributed by atoms with van der Waals surface area (Å²) in [5.74, 6) is 1.64. The molecule has 0 bridgehead atoms. The first-order chi connectivity index (χ1) is 15.7. The molecule has 32 heavy (non-hydrogen) atoms. The van der Waals surface area contributed by atoms with Crippen LogP contribution in [0.2, 0.25) is 0 Å². The van der Waals surface area contributed by atoms with Crippen LogP contribution in [0.25, 0.3) is 16.7 Å². The van der Waals surface area contributed by atoms with E-state index in [1.807, 2.05) is 47.7 Å². The number of ketones is 1. The van der Waals surface area contributed by atoms with Crippen molar-refractivity contribution < 1.29 is 9.53 Å². The number of rotatable bonds is 6. The number of carbonyl (C=O) groups excluding carboxylic acids is 1. The molecule has 0 atom stereocenters. The van der Waals surface area contributed by atoms with Gasteiger partial charge in [0.1, 0.15) is 12.4 Å². The van der Waals surface area contributed by atoms with Gasteiger partial charge in [0.2, 0.25) is 5.78 Å². The molecule has 2 heterocycles. The molecular weight excluding hydrogens is 404 g/mol. The van der Waals surface area contributed by atoms with Gasteiger partial charge in [0.25, 0.3) is 5.56 Å². The second kappa shape index (κ2) is 8.11. The van der Waals surface area contributed by atoms with Crippen molar-refractivity contribution in [3.63, 3.8) is 0 Å². The van der Waals surface area contributed by atoms with E-state index in [-0.39, 0.29) is 17.9 Å². The highest BCUT2D eigenvalue weighted by Crippen LogP contribution is 2.19. The Bertz CT molecular complexity index is 1490. The summed E-state index contributed by atoms with van der Waals surface area (Å²) < 4.78 is 9.38. The number of hydrogen-bond donors (Lipinski definition) is 0. The number of carbonyl (C=O) groups is 1. The average molecular weight is 424 g/mol. The molecule has 158 valence electrons.